The summed E-state index contributed by atoms with van der Waals surface area (Å²) < 4.78 is 13.4. The third-order valence-electron chi connectivity index (χ3n) is 11.5. The van der Waals surface area contributed by atoms with Gasteiger partial charge in [0.05, 0.1) is 13.2 Å². The van der Waals surface area contributed by atoms with Gasteiger partial charge in [0.2, 0.25) is 5.79 Å². The zero-order chi connectivity index (χ0) is 43.1. The summed E-state index contributed by atoms with van der Waals surface area (Å²) in [5, 5.41) is 2.00. The molecule has 10 heteroatoms. The minimum Gasteiger partial charge on any atom is -0.398 e. The molecule has 9 rings (SSSR count). The van der Waals surface area contributed by atoms with Crippen LogP contribution in [0.25, 0.3) is 69.0 Å². The summed E-state index contributed by atoms with van der Waals surface area (Å²) in [4.78, 5) is 0. The van der Waals surface area contributed by atoms with Crippen LogP contribution >= 0.6 is 0 Å². The normalized spacial score (nSPS) is 15.2. The van der Waals surface area contributed by atoms with Crippen molar-refractivity contribution in [3.05, 3.63) is 189 Å². The Morgan fingerprint density at radius 3 is 1.34 bits per heavy atom. The zero-order valence-corrected chi connectivity index (χ0v) is 34.1. The van der Waals surface area contributed by atoms with Crippen LogP contribution in [-0.4, -0.2) is 13.2 Å². The van der Waals surface area contributed by atoms with E-state index in [2.05, 4.69) is 36.4 Å². The molecular weight excluding hydrogens is 769 g/mol. The predicted molar refractivity (Wildman–Crippen MR) is 258 cm³/mol. The summed E-state index contributed by atoms with van der Waals surface area (Å²) in [6.45, 7) is 1.08. The topological polar surface area (TPSA) is 227 Å². The van der Waals surface area contributed by atoms with Gasteiger partial charge in [-0.05, 0) is 111 Å². The summed E-state index contributed by atoms with van der Waals surface area (Å²) in [5.74, 6) is -1.12. The van der Waals surface area contributed by atoms with Crippen LogP contribution in [0.15, 0.2) is 133 Å². The number of fused-ring (bicyclic) bond motifs is 7. The second kappa shape index (κ2) is 15.9. The van der Waals surface area contributed by atoms with E-state index in [0.29, 0.717) is 81.0 Å². The Kier molecular flexibility index (Phi) is 10.2. The fraction of sp³-hybridized carbons (Fsp3) is 0.0769. The van der Waals surface area contributed by atoms with Crippen LogP contribution in [0.1, 0.15) is 62.1 Å². The number of nitrogens with two attached hydrogens (primary N) is 8. The Hall–Kier alpha value is -7.92. The molecule has 308 valence electrons. The molecule has 1 fully saturated rings. The van der Waals surface area contributed by atoms with Crippen LogP contribution in [0, 0.1) is 0 Å². The highest BCUT2D eigenvalue weighted by Gasteiger charge is 2.48. The maximum Gasteiger partial charge on any atom is 0.224 e. The SMILES string of the molecule is N/C(=C\c1ccccc1)c1cc(N)c(/C(N)=C/c2ccc3c(c2)C2(OCCCO2)c2c-3ccc3cc(/C=C(\N)c4cc(N)c(/C(N)=C/c5ccccc5)cc4N)ccc23)cc1N. The van der Waals surface area contributed by atoms with Crippen LogP contribution in [-0.2, 0) is 15.3 Å². The van der Waals surface area contributed by atoms with Crippen molar-refractivity contribution in [2.45, 2.75) is 12.2 Å². The molecule has 7 aromatic carbocycles. The van der Waals surface area contributed by atoms with Crippen molar-refractivity contribution in [3.63, 3.8) is 0 Å². The molecule has 0 amide bonds. The molecule has 1 saturated heterocycles. The third kappa shape index (κ3) is 7.23. The number of rotatable bonds is 8. The van der Waals surface area contributed by atoms with Gasteiger partial charge in [-0.3, -0.25) is 0 Å². The highest BCUT2D eigenvalue weighted by atomic mass is 16.7. The van der Waals surface area contributed by atoms with Gasteiger partial charge < -0.3 is 55.3 Å². The van der Waals surface area contributed by atoms with Crippen LogP contribution in [0.2, 0.25) is 0 Å². The van der Waals surface area contributed by atoms with E-state index in [-0.39, 0.29) is 0 Å². The first kappa shape index (κ1) is 39.5. The Bertz CT molecular complexity index is 3020. The Labute approximate surface area is 360 Å². The lowest BCUT2D eigenvalue weighted by Gasteiger charge is -2.36. The minimum absolute atomic E-state index is 0.455. The highest BCUT2D eigenvalue weighted by Crippen LogP contribution is 2.54. The lowest BCUT2D eigenvalue weighted by atomic mass is 9.94. The van der Waals surface area contributed by atoms with Gasteiger partial charge in [0, 0.05) is 78.9 Å². The fourth-order valence-electron chi connectivity index (χ4n) is 8.54. The van der Waals surface area contributed by atoms with Gasteiger partial charge in [0.15, 0.2) is 0 Å². The number of nitrogen functional groups attached to an aromatic ring is 4. The number of benzene rings is 7. The second-order valence-corrected chi connectivity index (χ2v) is 15.7. The van der Waals surface area contributed by atoms with Crippen molar-refractivity contribution >= 4 is 80.6 Å². The van der Waals surface area contributed by atoms with Gasteiger partial charge in [-0.1, -0.05) is 97.1 Å². The van der Waals surface area contributed by atoms with Gasteiger partial charge in [-0.15, -0.1) is 0 Å². The van der Waals surface area contributed by atoms with Crippen LogP contribution in [0.5, 0.6) is 0 Å². The van der Waals surface area contributed by atoms with Gasteiger partial charge in [0.1, 0.15) is 0 Å². The maximum atomic E-state index is 6.75. The molecule has 0 saturated carbocycles. The minimum atomic E-state index is -1.12. The van der Waals surface area contributed by atoms with Crippen molar-refractivity contribution in [1.82, 2.24) is 0 Å². The van der Waals surface area contributed by atoms with Gasteiger partial charge >= 0.3 is 0 Å². The van der Waals surface area contributed by atoms with Crippen molar-refractivity contribution in [2.24, 2.45) is 22.9 Å². The maximum absolute atomic E-state index is 6.75. The van der Waals surface area contributed by atoms with Gasteiger partial charge in [-0.2, -0.15) is 0 Å². The molecule has 1 aliphatic heterocycles. The number of ether oxygens (including phenoxy) is 2. The van der Waals surface area contributed by atoms with Crippen LogP contribution < -0.4 is 45.9 Å². The lowest BCUT2D eigenvalue weighted by Crippen LogP contribution is -2.37. The van der Waals surface area contributed by atoms with E-state index in [9.17, 15) is 0 Å². The average molecular weight is 817 g/mol. The van der Waals surface area contributed by atoms with Crippen LogP contribution in [0.4, 0.5) is 22.7 Å². The fourth-order valence-corrected chi connectivity index (χ4v) is 8.54. The molecule has 2 aliphatic rings. The molecular formula is C52H48N8O2. The number of hydrogen-bond acceptors (Lipinski definition) is 10. The third-order valence-corrected chi connectivity index (χ3v) is 11.5. The van der Waals surface area contributed by atoms with E-state index in [1.807, 2.05) is 97.1 Å². The van der Waals surface area contributed by atoms with Crippen molar-refractivity contribution in [3.8, 4) is 11.1 Å². The van der Waals surface area contributed by atoms with Gasteiger partial charge in [0.25, 0.3) is 0 Å². The summed E-state index contributed by atoms with van der Waals surface area (Å²) >= 11 is 0. The van der Waals surface area contributed by atoms with Crippen LogP contribution in [0.3, 0.4) is 0 Å². The standard InChI is InChI=1S/C52H48N8O2/c53-43(22-30-8-3-1-4-9-30)38-26-49(59)40(28-47(38)57)45(55)24-32-12-15-35-34(20-32)14-17-37-36-16-13-33(21-42(36)52(51(35)37)61-18-7-19-62-52)25-46(56)41-29-48(58)39(27-50(41)60)44(54)23-31-10-5-2-6-11-31/h1-6,8-17,20-29H,7,18-19,53-60H2/b43-22-,44-23-,45-24-,46-25-. The van der Waals surface area contributed by atoms with E-state index in [1.165, 1.54) is 0 Å². The first-order valence-corrected chi connectivity index (χ1v) is 20.4. The van der Waals surface area contributed by atoms with E-state index in [4.69, 9.17) is 55.3 Å². The predicted octanol–water partition coefficient (Wildman–Crippen LogP) is 8.61. The highest BCUT2D eigenvalue weighted by molar-refractivity contribution is 6.00. The molecule has 0 bridgehead atoms. The van der Waals surface area contributed by atoms with E-state index in [0.717, 1.165) is 61.7 Å². The monoisotopic (exact) mass is 816 g/mol. The molecule has 10 nitrogen and oxygen atoms in total. The van der Waals surface area contributed by atoms with E-state index >= 15 is 0 Å². The summed E-state index contributed by atoms with van der Waals surface area (Å²) in [6, 6.07) is 43.3. The summed E-state index contributed by atoms with van der Waals surface area (Å²) in [5.41, 5.74) is 66.5. The van der Waals surface area contributed by atoms with Crippen molar-refractivity contribution in [1.29, 1.82) is 0 Å². The zero-order valence-electron chi connectivity index (χ0n) is 34.1. The molecule has 62 heavy (non-hydrogen) atoms. The molecule has 1 spiro atoms. The molecule has 0 unspecified atom stereocenters. The smallest absolute Gasteiger partial charge is 0.224 e. The van der Waals surface area contributed by atoms with Gasteiger partial charge in [-0.25, -0.2) is 0 Å². The number of anilines is 4. The van der Waals surface area contributed by atoms with Crippen molar-refractivity contribution < 1.29 is 9.47 Å². The van der Waals surface area contributed by atoms with Crippen molar-refractivity contribution in [2.75, 3.05) is 36.1 Å². The average Bonchev–Trinajstić information content (AvgIpc) is 3.53. The summed E-state index contributed by atoms with van der Waals surface area (Å²) in [7, 11) is 0. The largest absolute Gasteiger partial charge is 0.398 e. The molecule has 1 aliphatic carbocycles. The molecule has 1 heterocycles. The molecule has 0 aromatic heterocycles. The first-order valence-electron chi connectivity index (χ1n) is 20.4. The second-order valence-electron chi connectivity index (χ2n) is 15.7. The molecule has 16 N–H and O–H groups in total. The van der Waals surface area contributed by atoms with E-state index in [1.54, 1.807) is 24.3 Å². The Morgan fingerprint density at radius 1 is 0.435 bits per heavy atom. The first-order chi connectivity index (χ1) is 30.0. The number of hydrogen-bond donors (Lipinski definition) is 8. The lowest BCUT2D eigenvalue weighted by molar-refractivity contribution is -0.246. The Balaban J connectivity index is 1.03. The molecule has 0 radical (unpaired) electrons. The quantitative estimate of drug-likeness (QED) is 0.0538. The Morgan fingerprint density at radius 2 is 0.855 bits per heavy atom. The van der Waals surface area contributed by atoms with E-state index < -0.39 is 5.79 Å². The molecule has 0 atom stereocenters. The summed E-state index contributed by atoms with van der Waals surface area (Å²) in [6.07, 6.45) is 8.30. The molecule has 7 aromatic rings.